The molecule has 2 aliphatic rings. The van der Waals surface area contributed by atoms with Crippen molar-refractivity contribution >= 4 is 0 Å². The Balaban J connectivity index is 1.39. The molecule has 2 fully saturated rings. The lowest BCUT2D eigenvalue weighted by molar-refractivity contribution is -0.173. The monoisotopic (exact) mass is 342 g/mol. The van der Waals surface area contributed by atoms with Gasteiger partial charge >= 0.3 is 0 Å². The summed E-state index contributed by atoms with van der Waals surface area (Å²) >= 11 is 0. The Morgan fingerprint density at radius 2 is 2.04 bits per heavy atom. The zero-order valence-electron chi connectivity index (χ0n) is 14.7. The first-order chi connectivity index (χ1) is 12.3. The van der Waals surface area contributed by atoms with Crippen LogP contribution < -0.4 is 5.32 Å². The molecule has 1 aliphatic carbocycles. The fraction of sp³-hybridized carbons (Fsp3) is 0.550. The van der Waals surface area contributed by atoms with Crippen molar-refractivity contribution in [2.45, 2.75) is 44.9 Å². The number of oxazole rings is 1. The number of nitrogens with zero attached hydrogens (tertiary/aromatic N) is 1. The van der Waals surface area contributed by atoms with E-state index in [-0.39, 0.29) is 5.41 Å². The quantitative estimate of drug-likeness (QED) is 0.872. The van der Waals surface area contributed by atoms with Crippen LogP contribution in [0.5, 0.6) is 0 Å². The summed E-state index contributed by atoms with van der Waals surface area (Å²) in [6, 6.07) is 10.5. The van der Waals surface area contributed by atoms with Crippen molar-refractivity contribution in [3.05, 3.63) is 42.4 Å². The average Bonchev–Trinajstić information content (AvgIpc) is 3.14. The summed E-state index contributed by atoms with van der Waals surface area (Å²) in [4.78, 5) is 4.43. The molecule has 0 unspecified atom stereocenters. The topological polar surface area (TPSA) is 56.5 Å². The Kier molecular flexibility index (Phi) is 4.88. The third-order valence-corrected chi connectivity index (χ3v) is 5.69. The standard InChI is InChI=1S/C20H26N2O3/c1-2-24-18-12-17(20(18)8-10-23-11-9-20)21-14-19-22-13-16(25-19)15-6-4-3-5-7-15/h3-7,13,17-18,21H,2,8-12,14H2,1H3/t17-,18-/m1/s1. The van der Waals surface area contributed by atoms with E-state index in [0.29, 0.717) is 18.7 Å². The molecule has 0 amide bonds. The van der Waals surface area contributed by atoms with Gasteiger partial charge in [-0.3, -0.25) is 0 Å². The maximum atomic E-state index is 5.98. The highest BCUT2D eigenvalue weighted by molar-refractivity contribution is 5.55. The maximum Gasteiger partial charge on any atom is 0.208 e. The zero-order valence-corrected chi connectivity index (χ0v) is 14.7. The van der Waals surface area contributed by atoms with Crippen LogP contribution in [0.2, 0.25) is 0 Å². The van der Waals surface area contributed by atoms with Gasteiger partial charge in [0.1, 0.15) is 0 Å². The molecule has 0 radical (unpaired) electrons. The molecule has 1 aromatic carbocycles. The van der Waals surface area contributed by atoms with Crippen LogP contribution in [-0.4, -0.2) is 37.0 Å². The Labute approximate surface area is 148 Å². The zero-order chi connectivity index (χ0) is 17.1. The van der Waals surface area contributed by atoms with Crippen LogP contribution in [0.4, 0.5) is 0 Å². The van der Waals surface area contributed by atoms with Gasteiger partial charge in [-0.05, 0) is 26.2 Å². The number of nitrogens with one attached hydrogen (secondary N) is 1. The van der Waals surface area contributed by atoms with E-state index in [1.165, 1.54) is 0 Å². The van der Waals surface area contributed by atoms with Gasteiger partial charge in [-0.1, -0.05) is 30.3 Å². The van der Waals surface area contributed by atoms with Crippen LogP contribution in [0, 0.1) is 5.41 Å². The Morgan fingerprint density at radius 3 is 2.80 bits per heavy atom. The number of ether oxygens (including phenoxy) is 2. The van der Waals surface area contributed by atoms with Gasteiger partial charge in [-0.25, -0.2) is 4.98 Å². The summed E-state index contributed by atoms with van der Waals surface area (Å²) < 4.78 is 17.5. The summed E-state index contributed by atoms with van der Waals surface area (Å²) in [5, 5.41) is 3.66. The first kappa shape index (κ1) is 16.8. The molecule has 1 N–H and O–H groups in total. The van der Waals surface area contributed by atoms with Gasteiger partial charge in [0.2, 0.25) is 5.89 Å². The van der Waals surface area contributed by atoms with E-state index in [9.17, 15) is 0 Å². The molecule has 2 atom stereocenters. The molecule has 5 nitrogen and oxygen atoms in total. The summed E-state index contributed by atoms with van der Waals surface area (Å²) in [5.41, 5.74) is 1.27. The lowest BCUT2D eigenvalue weighted by atomic mass is 9.57. The van der Waals surface area contributed by atoms with Crippen LogP contribution >= 0.6 is 0 Å². The minimum absolute atomic E-state index is 0.211. The molecule has 134 valence electrons. The fourth-order valence-electron chi connectivity index (χ4n) is 4.23. The molecule has 2 heterocycles. The van der Waals surface area contributed by atoms with Crippen molar-refractivity contribution in [2.24, 2.45) is 5.41 Å². The van der Waals surface area contributed by atoms with Gasteiger partial charge in [0.25, 0.3) is 0 Å². The van der Waals surface area contributed by atoms with E-state index in [0.717, 1.165) is 56.3 Å². The molecule has 1 saturated carbocycles. The van der Waals surface area contributed by atoms with Crippen LogP contribution in [0.25, 0.3) is 11.3 Å². The Bertz CT molecular complexity index is 679. The van der Waals surface area contributed by atoms with Crippen molar-refractivity contribution < 1.29 is 13.9 Å². The van der Waals surface area contributed by atoms with E-state index in [4.69, 9.17) is 13.9 Å². The summed E-state index contributed by atoms with van der Waals surface area (Å²) in [7, 11) is 0. The molecule has 1 saturated heterocycles. The molecule has 1 aliphatic heterocycles. The van der Waals surface area contributed by atoms with Crippen molar-refractivity contribution in [2.75, 3.05) is 19.8 Å². The third kappa shape index (κ3) is 3.24. The van der Waals surface area contributed by atoms with Crippen molar-refractivity contribution in [3.63, 3.8) is 0 Å². The predicted octanol–water partition coefficient (Wildman–Crippen LogP) is 3.41. The van der Waals surface area contributed by atoms with Crippen molar-refractivity contribution in [1.82, 2.24) is 10.3 Å². The van der Waals surface area contributed by atoms with Gasteiger partial charge in [-0.2, -0.15) is 0 Å². The average molecular weight is 342 g/mol. The van der Waals surface area contributed by atoms with Crippen molar-refractivity contribution in [1.29, 1.82) is 0 Å². The van der Waals surface area contributed by atoms with Gasteiger partial charge in [0.05, 0.1) is 18.8 Å². The molecule has 5 heteroatoms. The minimum atomic E-state index is 0.211. The predicted molar refractivity (Wildman–Crippen MR) is 95.1 cm³/mol. The second-order valence-electron chi connectivity index (χ2n) is 6.94. The number of hydrogen-bond donors (Lipinski definition) is 1. The fourth-order valence-corrected chi connectivity index (χ4v) is 4.23. The molecule has 2 aromatic rings. The Hall–Kier alpha value is -1.69. The molecular formula is C20H26N2O3. The van der Waals surface area contributed by atoms with E-state index >= 15 is 0 Å². The first-order valence-corrected chi connectivity index (χ1v) is 9.24. The lowest BCUT2D eigenvalue weighted by Crippen LogP contribution is -2.65. The molecule has 4 rings (SSSR count). The summed E-state index contributed by atoms with van der Waals surface area (Å²) in [6.45, 7) is 5.17. The molecule has 1 spiro atoms. The highest BCUT2D eigenvalue weighted by Crippen LogP contribution is 2.50. The number of hydrogen-bond acceptors (Lipinski definition) is 5. The molecule has 0 bridgehead atoms. The minimum Gasteiger partial charge on any atom is -0.439 e. The van der Waals surface area contributed by atoms with Gasteiger partial charge in [0, 0.05) is 36.8 Å². The highest BCUT2D eigenvalue weighted by atomic mass is 16.5. The second-order valence-corrected chi connectivity index (χ2v) is 6.94. The lowest BCUT2D eigenvalue weighted by Gasteiger charge is -2.57. The molecular weight excluding hydrogens is 316 g/mol. The van der Waals surface area contributed by atoms with Gasteiger partial charge in [-0.15, -0.1) is 0 Å². The number of rotatable bonds is 6. The van der Waals surface area contributed by atoms with Gasteiger partial charge in [0.15, 0.2) is 5.76 Å². The highest BCUT2D eigenvalue weighted by Gasteiger charge is 2.55. The van der Waals surface area contributed by atoms with E-state index in [1.54, 1.807) is 6.20 Å². The maximum absolute atomic E-state index is 5.98. The van der Waals surface area contributed by atoms with E-state index in [2.05, 4.69) is 17.2 Å². The van der Waals surface area contributed by atoms with Crippen LogP contribution in [0.15, 0.2) is 40.9 Å². The third-order valence-electron chi connectivity index (χ3n) is 5.69. The number of aromatic nitrogens is 1. The first-order valence-electron chi connectivity index (χ1n) is 9.24. The SMILES string of the molecule is CCO[C@@H]1C[C@@H](NCc2ncc(-c3ccccc3)o2)C12CCOCC2. The van der Waals surface area contributed by atoms with Crippen LogP contribution in [-0.2, 0) is 16.0 Å². The Morgan fingerprint density at radius 1 is 1.24 bits per heavy atom. The summed E-state index contributed by atoms with van der Waals surface area (Å²) in [6.07, 6.45) is 5.34. The summed E-state index contributed by atoms with van der Waals surface area (Å²) in [5.74, 6) is 1.56. The normalized spacial score (nSPS) is 25.0. The van der Waals surface area contributed by atoms with Gasteiger partial charge < -0.3 is 19.2 Å². The van der Waals surface area contributed by atoms with Crippen LogP contribution in [0.3, 0.4) is 0 Å². The van der Waals surface area contributed by atoms with E-state index in [1.807, 2.05) is 30.3 Å². The second kappa shape index (κ2) is 7.28. The number of benzene rings is 1. The van der Waals surface area contributed by atoms with Crippen LogP contribution in [0.1, 0.15) is 32.1 Å². The van der Waals surface area contributed by atoms with E-state index < -0.39 is 0 Å². The van der Waals surface area contributed by atoms with Crippen molar-refractivity contribution in [3.8, 4) is 11.3 Å². The largest absolute Gasteiger partial charge is 0.439 e. The smallest absolute Gasteiger partial charge is 0.208 e. The molecule has 1 aromatic heterocycles. The molecule has 25 heavy (non-hydrogen) atoms.